The molecule has 276 valence electrons. The van der Waals surface area contributed by atoms with Gasteiger partial charge in [-0.15, -0.1) is 0 Å². The summed E-state index contributed by atoms with van der Waals surface area (Å²) in [6, 6.07) is 26.4. The lowest BCUT2D eigenvalue weighted by molar-refractivity contribution is -0.139. The SMILES string of the molecule is CC(C)C[C@H](C(=O)N[C@@H](Cc1ccc(OCc2ccccc2)cc1)C(=O)N1CCC(N2CCCCC2)CC1)N(C)Cc1ccc(C(C)(C)C)cc1. The molecular weight excluding hydrogens is 633 g/mol. The Morgan fingerprint density at radius 1 is 0.824 bits per heavy atom. The summed E-state index contributed by atoms with van der Waals surface area (Å²) in [4.78, 5) is 35.4. The van der Waals surface area contributed by atoms with Crippen LogP contribution in [0.3, 0.4) is 0 Å². The number of nitrogens with one attached hydrogen (secondary N) is 1. The summed E-state index contributed by atoms with van der Waals surface area (Å²) >= 11 is 0. The molecule has 7 nitrogen and oxygen atoms in total. The van der Waals surface area contributed by atoms with Crippen molar-refractivity contribution in [1.82, 2.24) is 20.0 Å². The largest absolute Gasteiger partial charge is 0.489 e. The van der Waals surface area contributed by atoms with Gasteiger partial charge in [0.1, 0.15) is 18.4 Å². The number of rotatable bonds is 14. The Labute approximate surface area is 307 Å². The summed E-state index contributed by atoms with van der Waals surface area (Å²) in [7, 11) is 2.03. The minimum Gasteiger partial charge on any atom is -0.489 e. The number of hydrogen-bond acceptors (Lipinski definition) is 5. The van der Waals surface area contributed by atoms with E-state index in [1.807, 2.05) is 54.4 Å². The smallest absolute Gasteiger partial charge is 0.245 e. The van der Waals surface area contributed by atoms with E-state index in [-0.39, 0.29) is 23.3 Å². The van der Waals surface area contributed by atoms with Crippen LogP contribution in [0.2, 0.25) is 0 Å². The average Bonchev–Trinajstić information content (AvgIpc) is 3.13. The molecule has 2 aliphatic rings. The number of benzene rings is 3. The molecule has 1 N–H and O–H groups in total. The number of amides is 2. The van der Waals surface area contributed by atoms with E-state index in [0.29, 0.717) is 38.0 Å². The molecule has 51 heavy (non-hydrogen) atoms. The van der Waals surface area contributed by atoms with Crippen molar-refractivity contribution in [2.75, 3.05) is 33.2 Å². The Hall–Kier alpha value is -3.68. The predicted molar refractivity (Wildman–Crippen MR) is 208 cm³/mol. The second kappa shape index (κ2) is 18.2. The summed E-state index contributed by atoms with van der Waals surface area (Å²) in [6.07, 6.45) is 7.00. The maximum absolute atomic E-state index is 14.3. The molecule has 3 aromatic carbocycles. The molecule has 3 aromatic rings. The van der Waals surface area contributed by atoms with E-state index in [1.165, 1.54) is 43.5 Å². The first-order chi connectivity index (χ1) is 24.5. The number of likely N-dealkylation sites (N-methyl/N-ethyl adjacent to an activating group) is 1. The molecule has 0 spiro atoms. The van der Waals surface area contributed by atoms with Gasteiger partial charge in [-0.1, -0.05) is 108 Å². The predicted octanol–water partition coefficient (Wildman–Crippen LogP) is 7.61. The molecule has 0 unspecified atom stereocenters. The van der Waals surface area contributed by atoms with Gasteiger partial charge in [-0.3, -0.25) is 14.5 Å². The van der Waals surface area contributed by atoms with E-state index in [4.69, 9.17) is 4.74 Å². The number of carbonyl (C=O) groups excluding carboxylic acids is 2. The Bertz CT molecular complexity index is 1500. The van der Waals surface area contributed by atoms with Gasteiger partial charge >= 0.3 is 0 Å². The van der Waals surface area contributed by atoms with Crippen LogP contribution in [-0.4, -0.2) is 77.9 Å². The molecule has 2 amide bonds. The van der Waals surface area contributed by atoms with Crippen LogP contribution in [0.25, 0.3) is 0 Å². The Balaban J connectivity index is 1.29. The first-order valence-corrected chi connectivity index (χ1v) is 19.3. The normalized spacial score (nSPS) is 17.4. The van der Waals surface area contributed by atoms with Gasteiger partial charge in [0.15, 0.2) is 0 Å². The van der Waals surface area contributed by atoms with E-state index in [0.717, 1.165) is 42.8 Å². The van der Waals surface area contributed by atoms with Crippen LogP contribution in [-0.2, 0) is 34.6 Å². The highest BCUT2D eigenvalue weighted by atomic mass is 16.5. The van der Waals surface area contributed by atoms with Crippen molar-refractivity contribution in [3.63, 3.8) is 0 Å². The van der Waals surface area contributed by atoms with Crippen LogP contribution in [0.4, 0.5) is 0 Å². The molecule has 0 saturated carbocycles. The molecule has 2 fully saturated rings. The standard InChI is InChI=1S/C44H62N4O3/c1-33(2)29-41(46(6)31-35-15-19-37(20-16-35)44(3,4)5)42(49)45-40(43(50)48-27-23-38(24-28-48)47-25-11-8-12-26-47)30-34-17-21-39(22-18-34)51-32-36-13-9-7-10-14-36/h7,9-10,13-22,33,38,40-41H,8,11-12,23-32H2,1-6H3,(H,45,49)/t40-,41+/m0/s1. The summed E-state index contributed by atoms with van der Waals surface area (Å²) in [5.41, 5.74) is 4.66. The first kappa shape index (κ1) is 38.5. The van der Waals surface area contributed by atoms with Gasteiger partial charge < -0.3 is 19.9 Å². The van der Waals surface area contributed by atoms with Crippen molar-refractivity contribution < 1.29 is 14.3 Å². The average molecular weight is 695 g/mol. The molecule has 0 aromatic heterocycles. The molecule has 0 bridgehead atoms. The van der Waals surface area contributed by atoms with E-state index < -0.39 is 6.04 Å². The maximum Gasteiger partial charge on any atom is 0.245 e. The van der Waals surface area contributed by atoms with Crippen molar-refractivity contribution in [2.24, 2.45) is 5.92 Å². The van der Waals surface area contributed by atoms with Gasteiger partial charge in [0.25, 0.3) is 0 Å². The van der Waals surface area contributed by atoms with Gasteiger partial charge in [-0.05, 0) is 98.0 Å². The molecule has 2 saturated heterocycles. The summed E-state index contributed by atoms with van der Waals surface area (Å²) < 4.78 is 6.03. The number of nitrogens with zero attached hydrogens (tertiary/aromatic N) is 3. The highest BCUT2D eigenvalue weighted by Crippen LogP contribution is 2.25. The van der Waals surface area contributed by atoms with Crippen LogP contribution in [0, 0.1) is 5.92 Å². The second-order valence-corrected chi connectivity index (χ2v) is 16.3. The fourth-order valence-corrected chi connectivity index (χ4v) is 7.56. The number of piperidine rings is 2. The number of carbonyl (C=O) groups is 2. The van der Waals surface area contributed by atoms with Crippen molar-refractivity contribution >= 4 is 11.8 Å². The molecule has 0 aliphatic carbocycles. The van der Waals surface area contributed by atoms with Gasteiger partial charge in [0.05, 0.1) is 6.04 Å². The molecular formula is C44H62N4O3. The zero-order valence-electron chi connectivity index (χ0n) is 32.1. The second-order valence-electron chi connectivity index (χ2n) is 16.3. The molecule has 7 heteroatoms. The molecule has 2 atom stereocenters. The Morgan fingerprint density at radius 3 is 2.06 bits per heavy atom. The maximum atomic E-state index is 14.3. The zero-order valence-corrected chi connectivity index (χ0v) is 32.1. The van der Waals surface area contributed by atoms with Gasteiger partial charge in [-0.25, -0.2) is 0 Å². The number of hydrogen-bond donors (Lipinski definition) is 1. The monoisotopic (exact) mass is 694 g/mol. The number of ether oxygens (including phenoxy) is 1. The summed E-state index contributed by atoms with van der Waals surface area (Å²) in [5.74, 6) is 1.04. The highest BCUT2D eigenvalue weighted by molar-refractivity contribution is 5.90. The highest BCUT2D eigenvalue weighted by Gasteiger charge is 2.34. The molecule has 2 heterocycles. The van der Waals surface area contributed by atoms with Gasteiger partial charge in [0, 0.05) is 32.1 Å². The molecule has 0 radical (unpaired) electrons. The van der Waals surface area contributed by atoms with Crippen molar-refractivity contribution in [3.8, 4) is 5.75 Å². The third-order valence-electron chi connectivity index (χ3n) is 10.7. The van der Waals surface area contributed by atoms with Crippen LogP contribution >= 0.6 is 0 Å². The van der Waals surface area contributed by atoms with Gasteiger partial charge in [0.2, 0.25) is 11.8 Å². The summed E-state index contributed by atoms with van der Waals surface area (Å²) in [6.45, 7) is 15.9. The minimum atomic E-state index is -0.644. The lowest BCUT2D eigenvalue weighted by Gasteiger charge is -2.41. The van der Waals surface area contributed by atoms with Crippen LogP contribution in [0.1, 0.15) is 95.4 Å². The lowest BCUT2D eigenvalue weighted by Crippen LogP contribution is -2.56. The van der Waals surface area contributed by atoms with Crippen molar-refractivity contribution in [2.45, 2.75) is 116 Å². The minimum absolute atomic E-state index is 0.0218. The van der Waals surface area contributed by atoms with E-state index in [2.05, 4.69) is 86.1 Å². The third kappa shape index (κ3) is 11.4. The molecule has 5 rings (SSSR count). The molecule has 2 aliphatic heterocycles. The van der Waals surface area contributed by atoms with E-state index in [1.54, 1.807) is 0 Å². The fraction of sp³-hybridized carbons (Fsp3) is 0.545. The fourth-order valence-electron chi connectivity index (χ4n) is 7.56. The van der Waals surface area contributed by atoms with Crippen LogP contribution in [0.15, 0.2) is 78.9 Å². The number of likely N-dealkylation sites (tertiary alicyclic amines) is 2. The van der Waals surface area contributed by atoms with Crippen LogP contribution < -0.4 is 10.1 Å². The van der Waals surface area contributed by atoms with Gasteiger partial charge in [-0.2, -0.15) is 0 Å². The van der Waals surface area contributed by atoms with Crippen molar-refractivity contribution in [3.05, 3.63) is 101 Å². The zero-order chi connectivity index (χ0) is 36.4. The van der Waals surface area contributed by atoms with E-state index >= 15 is 0 Å². The first-order valence-electron chi connectivity index (χ1n) is 19.3. The van der Waals surface area contributed by atoms with Crippen LogP contribution in [0.5, 0.6) is 5.75 Å². The Kier molecular flexibility index (Phi) is 13.7. The quantitative estimate of drug-likeness (QED) is 0.188. The summed E-state index contributed by atoms with van der Waals surface area (Å²) in [5, 5.41) is 3.29. The van der Waals surface area contributed by atoms with Crippen molar-refractivity contribution in [1.29, 1.82) is 0 Å². The Morgan fingerprint density at radius 2 is 1.45 bits per heavy atom. The lowest BCUT2D eigenvalue weighted by atomic mass is 9.86. The topological polar surface area (TPSA) is 65.1 Å². The third-order valence-corrected chi connectivity index (χ3v) is 10.7. The van der Waals surface area contributed by atoms with E-state index in [9.17, 15) is 9.59 Å².